The highest BCUT2D eigenvalue weighted by Gasteiger charge is 1.89. The molecule has 0 aromatic heterocycles. The standard InChI is InChI=1S/C5H10NO2/c1-3-4-6-8-5(2)7/h3-4H2,1-2H3. The first-order chi connectivity index (χ1) is 3.77. The van der Waals surface area contributed by atoms with Gasteiger partial charge in [0.05, 0.1) is 6.54 Å². The van der Waals surface area contributed by atoms with Crippen LogP contribution in [-0.2, 0) is 9.63 Å². The number of carbonyl (C=O) groups excluding carboxylic acids is 1. The Bertz CT molecular complexity index is 72.8. The fourth-order valence-corrected chi connectivity index (χ4v) is 0.228. The highest BCUT2D eigenvalue weighted by Crippen LogP contribution is 1.74. The lowest BCUT2D eigenvalue weighted by atomic mass is 10.5. The maximum atomic E-state index is 10.0. The molecule has 0 unspecified atom stereocenters. The van der Waals surface area contributed by atoms with Crippen molar-refractivity contribution in [2.24, 2.45) is 0 Å². The number of hydroxylamine groups is 1. The minimum atomic E-state index is -0.349. The molecule has 8 heavy (non-hydrogen) atoms. The Morgan fingerprint density at radius 1 is 1.75 bits per heavy atom. The van der Waals surface area contributed by atoms with Gasteiger partial charge in [-0.1, -0.05) is 6.92 Å². The smallest absolute Gasteiger partial charge is 0.324 e. The van der Waals surface area contributed by atoms with Crippen LogP contribution >= 0.6 is 0 Å². The molecule has 1 radical (unpaired) electrons. The van der Waals surface area contributed by atoms with Crippen LogP contribution in [0.4, 0.5) is 0 Å². The Balaban J connectivity index is 2.82. The molecule has 0 aromatic rings. The minimum absolute atomic E-state index is 0.349. The van der Waals surface area contributed by atoms with Crippen molar-refractivity contribution in [2.75, 3.05) is 6.54 Å². The Kier molecular flexibility index (Phi) is 4.26. The topological polar surface area (TPSA) is 40.4 Å². The van der Waals surface area contributed by atoms with Gasteiger partial charge >= 0.3 is 5.97 Å². The molecule has 0 aliphatic heterocycles. The van der Waals surface area contributed by atoms with Crippen LogP contribution in [0.2, 0.25) is 0 Å². The monoisotopic (exact) mass is 116 g/mol. The van der Waals surface area contributed by atoms with Crippen LogP contribution in [0.3, 0.4) is 0 Å². The summed E-state index contributed by atoms with van der Waals surface area (Å²) in [6.45, 7) is 3.89. The number of nitrogens with zero attached hydrogens (tertiary/aromatic N) is 1. The Morgan fingerprint density at radius 3 is 2.75 bits per heavy atom. The summed E-state index contributed by atoms with van der Waals surface area (Å²) in [5.74, 6) is -0.349. The third-order valence-electron chi connectivity index (χ3n) is 0.508. The maximum Gasteiger partial charge on any atom is 0.324 e. The quantitative estimate of drug-likeness (QED) is 0.397. The second-order valence-electron chi connectivity index (χ2n) is 1.44. The lowest BCUT2D eigenvalue weighted by molar-refractivity contribution is -0.149. The molecule has 0 fully saturated rings. The second kappa shape index (κ2) is 4.59. The van der Waals surface area contributed by atoms with E-state index in [2.05, 4.69) is 10.3 Å². The lowest BCUT2D eigenvalue weighted by Gasteiger charge is -1.94. The van der Waals surface area contributed by atoms with Crippen LogP contribution in [0, 0.1) is 0 Å². The SMILES string of the molecule is CCC[N]OC(C)=O. The van der Waals surface area contributed by atoms with E-state index in [9.17, 15) is 4.79 Å². The Hall–Kier alpha value is -0.570. The third kappa shape index (κ3) is 5.43. The fourth-order valence-electron chi connectivity index (χ4n) is 0.228. The summed E-state index contributed by atoms with van der Waals surface area (Å²) in [6, 6.07) is 0. The molecule has 0 N–H and O–H groups in total. The molecule has 0 aliphatic rings. The molecule has 3 nitrogen and oxygen atoms in total. The Labute approximate surface area is 49.0 Å². The van der Waals surface area contributed by atoms with E-state index in [1.165, 1.54) is 6.92 Å². The predicted molar refractivity (Wildman–Crippen MR) is 29.1 cm³/mol. The van der Waals surface area contributed by atoms with Crippen LogP contribution in [0.5, 0.6) is 0 Å². The van der Waals surface area contributed by atoms with E-state index in [1.54, 1.807) is 0 Å². The summed E-state index contributed by atoms with van der Waals surface area (Å²) in [7, 11) is 0. The molecular weight excluding hydrogens is 106 g/mol. The molecule has 0 saturated heterocycles. The summed E-state index contributed by atoms with van der Waals surface area (Å²) in [6.07, 6.45) is 0.910. The molecule has 0 heterocycles. The van der Waals surface area contributed by atoms with Crippen LogP contribution in [0.1, 0.15) is 20.3 Å². The van der Waals surface area contributed by atoms with E-state index in [0.29, 0.717) is 6.54 Å². The van der Waals surface area contributed by atoms with Crippen LogP contribution < -0.4 is 5.48 Å². The molecule has 0 spiro atoms. The van der Waals surface area contributed by atoms with Gasteiger partial charge in [0.25, 0.3) is 0 Å². The van der Waals surface area contributed by atoms with E-state index >= 15 is 0 Å². The van der Waals surface area contributed by atoms with Gasteiger partial charge in [-0.3, -0.25) is 4.79 Å². The zero-order chi connectivity index (χ0) is 6.41. The fraction of sp³-hybridized carbons (Fsp3) is 0.800. The Morgan fingerprint density at radius 2 is 2.38 bits per heavy atom. The van der Waals surface area contributed by atoms with Gasteiger partial charge in [0.1, 0.15) is 0 Å². The van der Waals surface area contributed by atoms with Gasteiger partial charge in [0.15, 0.2) is 0 Å². The summed E-state index contributed by atoms with van der Waals surface area (Å²) in [5, 5.41) is 0. The van der Waals surface area contributed by atoms with Crippen molar-refractivity contribution < 1.29 is 9.63 Å². The second-order valence-corrected chi connectivity index (χ2v) is 1.44. The highest BCUT2D eigenvalue weighted by molar-refractivity contribution is 5.65. The van der Waals surface area contributed by atoms with Crippen molar-refractivity contribution >= 4 is 5.97 Å². The molecule has 47 valence electrons. The molecule has 3 heteroatoms. The van der Waals surface area contributed by atoms with Gasteiger partial charge in [-0.05, 0) is 11.9 Å². The number of hydrogen-bond acceptors (Lipinski definition) is 2. The van der Waals surface area contributed by atoms with Gasteiger partial charge in [-0.15, -0.1) is 0 Å². The largest absolute Gasteiger partial charge is 0.350 e. The van der Waals surface area contributed by atoms with E-state index in [4.69, 9.17) is 0 Å². The number of rotatable bonds is 3. The summed E-state index contributed by atoms with van der Waals surface area (Å²) in [5.41, 5.74) is 3.44. The molecule has 0 rings (SSSR count). The third-order valence-corrected chi connectivity index (χ3v) is 0.508. The van der Waals surface area contributed by atoms with Crippen LogP contribution in [-0.4, -0.2) is 12.5 Å². The number of hydrogen-bond donors (Lipinski definition) is 0. The van der Waals surface area contributed by atoms with E-state index in [-0.39, 0.29) is 5.97 Å². The first-order valence-corrected chi connectivity index (χ1v) is 2.61. The van der Waals surface area contributed by atoms with Gasteiger partial charge < -0.3 is 4.84 Å². The average molecular weight is 116 g/mol. The molecule has 0 bridgehead atoms. The summed E-state index contributed by atoms with van der Waals surface area (Å²) >= 11 is 0. The summed E-state index contributed by atoms with van der Waals surface area (Å²) in [4.78, 5) is 14.3. The van der Waals surface area contributed by atoms with E-state index < -0.39 is 0 Å². The highest BCUT2D eigenvalue weighted by atomic mass is 16.7. The minimum Gasteiger partial charge on any atom is -0.350 e. The van der Waals surface area contributed by atoms with E-state index in [1.807, 2.05) is 6.92 Å². The van der Waals surface area contributed by atoms with Crippen LogP contribution in [0.15, 0.2) is 0 Å². The van der Waals surface area contributed by atoms with E-state index in [0.717, 1.165) is 6.42 Å². The van der Waals surface area contributed by atoms with Gasteiger partial charge in [0, 0.05) is 6.92 Å². The maximum absolute atomic E-state index is 10.0. The zero-order valence-corrected chi connectivity index (χ0v) is 5.18. The predicted octanol–water partition coefficient (Wildman–Crippen LogP) is 0.479. The van der Waals surface area contributed by atoms with Crippen molar-refractivity contribution in [2.45, 2.75) is 20.3 Å². The molecule has 0 amide bonds. The molecule has 0 atom stereocenters. The normalized spacial score (nSPS) is 8.75. The van der Waals surface area contributed by atoms with Gasteiger partial charge in [-0.25, -0.2) is 0 Å². The van der Waals surface area contributed by atoms with Gasteiger partial charge in [-0.2, -0.15) is 0 Å². The lowest BCUT2D eigenvalue weighted by Crippen LogP contribution is -2.10. The van der Waals surface area contributed by atoms with Crippen molar-refractivity contribution in [3.63, 3.8) is 0 Å². The first kappa shape index (κ1) is 7.43. The molecule has 0 aromatic carbocycles. The zero-order valence-electron chi connectivity index (χ0n) is 5.18. The first-order valence-electron chi connectivity index (χ1n) is 2.61. The van der Waals surface area contributed by atoms with Crippen molar-refractivity contribution in [1.29, 1.82) is 0 Å². The molecule has 0 saturated carbocycles. The van der Waals surface area contributed by atoms with Crippen molar-refractivity contribution in [3.05, 3.63) is 0 Å². The summed E-state index contributed by atoms with van der Waals surface area (Å²) < 4.78 is 0. The van der Waals surface area contributed by atoms with Crippen LogP contribution in [0.25, 0.3) is 0 Å². The van der Waals surface area contributed by atoms with Gasteiger partial charge in [0.2, 0.25) is 0 Å². The molecular formula is C5H10NO2. The van der Waals surface area contributed by atoms with Crippen molar-refractivity contribution in [3.8, 4) is 0 Å². The molecule has 0 aliphatic carbocycles. The van der Waals surface area contributed by atoms with Crippen molar-refractivity contribution in [1.82, 2.24) is 5.48 Å². The number of carbonyl (C=O) groups is 1. The average Bonchev–Trinajstić information content (AvgIpc) is 1.66.